The molecule has 4 rings (SSSR count). The number of hydrogen-bond donors (Lipinski definition) is 0. The van der Waals surface area contributed by atoms with Crippen LogP contribution in [0, 0.1) is 0 Å². The Balaban J connectivity index is 1.80. The lowest BCUT2D eigenvalue weighted by atomic mass is 9.76. The first-order valence-electron chi connectivity index (χ1n) is 8.32. The molecule has 0 N–H and O–H groups in total. The lowest BCUT2D eigenvalue weighted by Crippen LogP contribution is -2.47. The van der Waals surface area contributed by atoms with Crippen molar-refractivity contribution in [2.75, 3.05) is 0 Å². The van der Waals surface area contributed by atoms with E-state index in [0.717, 1.165) is 24.8 Å². The summed E-state index contributed by atoms with van der Waals surface area (Å²) in [5.41, 5.74) is 2.52. The van der Waals surface area contributed by atoms with Crippen molar-refractivity contribution >= 4 is 10.0 Å². The van der Waals surface area contributed by atoms with Crippen molar-refractivity contribution < 1.29 is 8.42 Å². The average Bonchev–Trinajstić information content (AvgIpc) is 2.62. The van der Waals surface area contributed by atoms with Gasteiger partial charge in [0.1, 0.15) is 0 Å². The second-order valence-electron chi connectivity index (χ2n) is 6.52. The maximum Gasteiger partial charge on any atom is 0.243 e. The molecule has 1 aliphatic carbocycles. The second kappa shape index (κ2) is 5.77. The molecule has 1 heterocycles. The van der Waals surface area contributed by atoms with E-state index >= 15 is 0 Å². The zero-order valence-corrected chi connectivity index (χ0v) is 13.9. The van der Waals surface area contributed by atoms with Gasteiger partial charge in [0.25, 0.3) is 0 Å². The standard InChI is InChI=1S/C19H21NO2S/c21-23(22,16-9-2-1-3-10-16)20-14-15-8-4-5-11-17(15)18-12-6-7-13-19(18)20/h1-5,8-11,18-19H,6-7,12-14H2/t18-,19-/m0/s1. The van der Waals surface area contributed by atoms with Gasteiger partial charge < -0.3 is 0 Å². The smallest absolute Gasteiger partial charge is 0.207 e. The van der Waals surface area contributed by atoms with Gasteiger partial charge in [-0.3, -0.25) is 0 Å². The molecule has 0 saturated heterocycles. The molecule has 4 heteroatoms. The summed E-state index contributed by atoms with van der Waals surface area (Å²) in [5, 5.41) is 0. The molecule has 2 aromatic carbocycles. The van der Waals surface area contributed by atoms with Gasteiger partial charge in [0.2, 0.25) is 10.0 Å². The zero-order valence-electron chi connectivity index (χ0n) is 13.1. The molecule has 0 radical (unpaired) electrons. The quantitative estimate of drug-likeness (QED) is 0.838. The normalized spacial score (nSPS) is 24.7. The van der Waals surface area contributed by atoms with Gasteiger partial charge in [-0.15, -0.1) is 0 Å². The molecule has 1 saturated carbocycles. The minimum Gasteiger partial charge on any atom is -0.207 e. The van der Waals surface area contributed by atoms with Crippen LogP contribution < -0.4 is 0 Å². The molecule has 1 fully saturated rings. The molecule has 0 spiro atoms. The topological polar surface area (TPSA) is 37.4 Å². The molecule has 0 bridgehead atoms. The van der Waals surface area contributed by atoms with Gasteiger partial charge in [0.15, 0.2) is 0 Å². The fourth-order valence-electron chi connectivity index (χ4n) is 4.13. The van der Waals surface area contributed by atoms with Gasteiger partial charge in [0.05, 0.1) is 4.90 Å². The molecule has 1 aliphatic heterocycles. The van der Waals surface area contributed by atoms with E-state index in [1.165, 1.54) is 12.0 Å². The number of nitrogens with zero attached hydrogens (tertiary/aromatic N) is 1. The highest BCUT2D eigenvalue weighted by Gasteiger charge is 2.42. The van der Waals surface area contributed by atoms with Crippen molar-refractivity contribution in [3.63, 3.8) is 0 Å². The summed E-state index contributed by atoms with van der Waals surface area (Å²) < 4.78 is 28.1. The fraction of sp³-hybridized carbons (Fsp3) is 0.368. The van der Waals surface area contributed by atoms with Crippen molar-refractivity contribution in [1.82, 2.24) is 4.31 Å². The minimum absolute atomic E-state index is 0.101. The maximum absolute atomic E-state index is 13.2. The van der Waals surface area contributed by atoms with Crippen LogP contribution in [-0.2, 0) is 16.6 Å². The van der Waals surface area contributed by atoms with Crippen molar-refractivity contribution in [3.8, 4) is 0 Å². The van der Waals surface area contributed by atoms with E-state index in [0.29, 0.717) is 17.4 Å². The molecule has 3 nitrogen and oxygen atoms in total. The predicted molar refractivity (Wildman–Crippen MR) is 90.6 cm³/mol. The first kappa shape index (κ1) is 14.9. The van der Waals surface area contributed by atoms with Gasteiger partial charge in [-0.05, 0) is 36.1 Å². The first-order valence-corrected chi connectivity index (χ1v) is 9.76. The van der Waals surface area contributed by atoms with E-state index in [9.17, 15) is 8.42 Å². The van der Waals surface area contributed by atoms with Crippen LogP contribution >= 0.6 is 0 Å². The molecular formula is C19H21NO2S. The highest BCUT2D eigenvalue weighted by molar-refractivity contribution is 7.89. The van der Waals surface area contributed by atoms with Gasteiger partial charge in [0, 0.05) is 18.5 Å². The largest absolute Gasteiger partial charge is 0.243 e. The zero-order chi connectivity index (χ0) is 15.9. The molecule has 2 aromatic rings. The molecule has 23 heavy (non-hydrogen) atoms. The molecule has 0 amide bonds. The third kappa shape index (κ3) is 2.50. The third-order valence-electron chi connectivity index (χ3n) is 5.23. The van der Waals surface area contributed by atoms with Crippen LogP contribution in [0.5, 0.6) is 0 Å². The molecule has 2 atom stereocenters. The van der Waals surface area contributed by atoms with E-state index in [4.69, 9.17) is 0 Å². The Bertz CT molecular complexity index is 801. The minimum atomic E-state index is -3.44. The summed E-state index contributed by atoms with van der Waals surface area (Å²) in [5.74, 6) is 0.340. The summed E-state index contributed by atoms with van der Waals surface area (Å²) in [6.45, 7) is 0.495. The van der Waals surface area contributed by atoms with Crippen LogP contribution in [0.25, 0.3) is 0 Å². The van der Waals surface area contributed by atoms with Crippen molar-refractivity contribution in [2.45, 2.75) is 49.1 Å². The summed E-state index contributed by atoms with van der Waals surface area (Å²) in [6.07, 6.45) is 4.35. The number of rotatable bonds is 2. The average molecular weight is 327 g/mol. The van der Waals surface area contributed by atoms with Crippen LogP contribution in [0.2, 0.25) is 0 Å². The fourth-order valence-corrected chi connectivity index (χ4v) is 5.82. The first-order chi connectivity index (χ1) is 11.2. The van der Waals surface area contributed by atoms with Crippen LogP contribution in [0.1, 0.15) is 42.7 Å². The van der Waals surface area contributed by atoms with E-state index < -0.39 is 10.0 Å². The summed E-state index contributed by atoms with van der Waals surface area (Å²) in [4.78, 5) is 0.406. The van der Waals surface area contributed by atoms with E-state index in [2.05, 4.69) is 18.2 Å². The predicted octanol–water partition coefficient (Wildman–Crippen LogP) is 3.92. The highest BCUT2D eigenvalue weighted by Crippen LogP contribution is 2.43. The SMILES string of the molecule is O=S(=O)(c1ccccc1)N1Cc2ccccc2[C@@H]2CCCC[C@@H]21. The Kier molecular flexibility index (Phi) is 3.74. The van der Waals surface area contributed by atoms with E-state index in [-0.39, 0.29) is 6.04 Å². The Morgan fingerprint density at radius 2 is 1.57 bits per heavy atom. The molecular weight excluding hydrogens is 306 g/mol. The molecule has 120 valence electrons. The van der Waals surface area contributed by atoms with Crippen LogP contribution in [-0.4, -0.2) is 18.8 Å². The Hall–Kier alpha value is -1.65. The lowest BCUT2D eigenvalue weighted by molar-refractivity contribution is 0.200. The Morgan fingerprint density at radius 3 is 2.39 bits per heavy atom. The number of fused-ring (bicyclic) bond motifs is 3. The molecule has 0 aromatic heterocycles. The van der Waals surface area contributed by atoms with Gasteiger partial charge in [-0.1, -0.05) is 55.3 Å². The van der Waals surface area contributed by atoms with Gasteiger partial charge in [-0.25, -0.2) is 8.42 Å². The lowest BCUT2D eigenvalue weighted by Gasteiger charge is -2.44. The third-order valence-corrected chi connectivity index (χ3v) is 7.12. The number of benzene rings is 2. The van der Waals surface area contributed by atoms with Crippen LogP contribution in [0.15, 0.2) is 59.5 Å². The Labute approximate surface area is 138 Å². The maximum atomic E-state index is 13.2. The molecule has 2 aliphatic rings. The van der Waals surface area contributed by atoms with Crippen LogP contribution in [0.3, 0.4) is 0 Å². The van der Waals surface area contributed by atoms with Crippen molar-refractivity contribution in [1.29, 1.82) is 0 Å². The second-order valence-corrected chi connectivity index (χ2v) is 8.41. The number of sulfonamides is 1. The van der Waals surface area contributed by atoms with E-state index in [1.54, 1.807) is 28.6 Å². The van der Waals surface area contributed by atoms with Gasteiger partial charge in [-0.2, -0.15) is 4.31 Å². The summed E-state index contributed by atoms with van der Waals surface area (Å²) in [6, 6.07) is 17.3. The van der Waals surface area contributed by atoms with Crippen molar-refractivity contribution in [2.24, 2.45) is 0 Å². The highest BCUT2D eigenvalue weighted by atomic mass is 32.2. The number of hydrogen-bond acceptors (Lipinski definition) is 2. The van der Waals surface area contributed by atoms with Crippen molar-refractivity contribution in [3.05, 3.63) is 65.7 Å². The summed E-state index contributed by atoms with van der Waals surface area (Å²) >= 11 is 0. The Morgan fingerprint density at radius 1 is 0.870 bits per heavy atom. The van der Waals surface area contributed by atoms with E-state index in [1.807, 2.05) is 12.1 Å². The molecule has 0 unspecified atom stereocenters. The van der Waals surface area contributed by atoms with Crippen LogP contribution in [0.4, 0.5) is 0 Å². The summed E-state index contributed by atoms with van der Waals surface area (Å²) in [7, 11) is -3.44. The monoisotopic (exact) mass is 327 g/mol. The van der Waals surface area contributed by atoms with Gasteiger partial charge >= 0.3 is 0 Å².